The summed E-state index contributed by atoms with van der Waals surface area (Å²) in [6.07, 6.45) is 2.31. The third-order valence-corrected chi connectivity index (χ3v) is 6.06. The standard InChI is InChI=1S/C22H20N2O5S/c1-29-18-10-14(6-7-17(18)25)11-19-21(27)24(22(28)30-19)13-20(26)23-9-8-15-4-2-3-5-16(15)12-23/h2-7,10-11,25H,8-9,12-13H2,1H3/b19-11-. The molecule has 0 atom stereocenters. The van der Waals surface area contributed by atoms with E-state index in [1.165, 1.54) is 18.7 Å². The van der Waals surface area contributed by atoms with E-state index in [9.17, 15) is 19.5 Å². The molecule has 3 amide bonds. The van der Waals surface area contributed by atoms with Crippen LogP contribution in [-0.4, -0.2) is 52.2 Å². The van der Waals surface area contributed by atoms with Gasteiger partial charge in [0.15, 0.2) is 11.5 Å². The lowest BCUT2D eigenvalue weighted by Crippen LogP contribution is -2.44. The monoisotopic (exact) mass is 424 g/mol. The predicted octanol–water partition coefficient (Wildman–Crippen LogP) is 3.02. The first-order valence-corrected chi connectivity index (χ1v) is 10.2. The number of phenols is 1. The van der Waals surface area contributed by atoms with Crippen LogP contribution in [0.4, 0.5) is 4.79 Å². The van der Waals surface area contributed by atoms with E-state index in [2.05, 4.69) is 6.07 Å². The molecular weight excluding hydrogens is 404 g/mol. The lowest BCUT2D eigenvalue weighted by molar-refractivity contribution is -0.136. The van der Waals surface area contributed by atoms with Gasteiger partial charge in [0.05, 0.1) is 12.0 Å². The molecule has 2 aliphatic rings. The zero-order valence-corrected chi connectivity index (χ0v) is 17.1. The van der Waals surface area contributed by atoms with Gasteiger partial charge in [0.2, 0.25) is 5.91 Å². The highest BCUT2D eigenvalue weighted by Gasteiger charge is 2.37. The Morgan fingerprint density at radius 2 is 1.97 bits per heavy atom. The summed E-state index contributed by atoms with van der Waals surface area (Å²) < 4.78 is 5.07. The van der Waals surface area contributed by atoms with Gasteiger partial charge in [0.1, 0.15) is 6.54 Å². The number of benzene rings is 2. The molecule has 0 spiro atoms. The minimum atomic E-state index is -0.497. The van der Waals surface area contributed by atoms with Crippen LogP contribution in [0.15, 0.2) is 47.4 Å². The van der Waals surface area contributed by atoms with Crippen molar-refractivity contribution in [1.29, 1.82) is 0 Å². The fraction of sp³-hybridized carbons (Fsp3) is 0.227. The Kier molecular flexibility index (Phi) is 5.50. The van der Waals surface area contributed by atoms with Gasteiger partial charge in [0, 0.05) is 13.1 Å². The normalized spacial score (nSPS) is 17.4. The first kappa shape index (κ1) is 20.0. The number of carbonyl (C=O) groups excluding carboxylic acids is 3. The number of phenolic OH excluding ortho intramolecular Hbond substituents is 1. The van der Waals surface area contributed by atoms with E-state index in [0.717, 1.165) is 28.6 Å². The van der Waals surface area contributed by atoms with Crippen molar-refractivity contribution in [2.75, 3.05) is 20.2 Å². The van der Waals surface area contributed by atoms with Crippen molar-refractivity contribution in [1.82, 2.24) is 9.80 Å². The number of amides is 3. The van der Waals surface area contributed by atoms with Gasteiger partial charge in [-0.2, -0.15) is 0 Å². The van der Waals surface area contributed by atoms with Gasteiger partial charge in [-0.15, -0.1) is 0 Å². The Labute approximate surface area is 177 Å². The summed E-state index contributed by atoms with van der Waals surface area (Å²) in [5.74, 6) is -0.498. The first-order chi connectivity index (χ1) is 14.5. The Bertz CT molecular complexity index is 1070. The van der Waals surface area contributed by atoms with Gasteiger partial charge in [-0.05, 0) is 53.1 Å². The third-order valence-electron chi connectivity index (χ3n) is 5.15. The van der Waals surface area contributed by atoms with E-state index in [0.29, 0.717) is 18.7 Å². The Hall–Kier alpha value is -3.26. The second-order valence-electron chi connectivity index (χ2n) is 7.03. The maximum Gasteiger partial charge on any atom is 0.294 e. The maximum absolute atomic E-state index is 12.7. The number of carbonyl (C=O) groups is 3. The molecule has 2 aromatic carbocycles. The molecule has 0 radical (unpaired) electrons. The van der Waals surface area contributed by atoms with Crippen molar-refractivity contribution in [3.05, 3.63) is 64.1 Å². The van der Waals surface area contributed by atoms with Crippen LogP contribution in [0.5, 0.6) is 11.5 Å². The topological polar surface area (TPSA) is 87.2 Å². The van der Waals surface area contributed by atoms with Crippen LogP contribution in [0.1, 0.15) is 16.7 Å². The Morgan fingerprint density at radius 1 is 1.20 bits per heavy atom. The van der Waals surface area contributed by atoms with E-state index in [1.807, 2.05) is 18.2 Å². The average Bonchev–Trinajstić information content (AvgIpc) is 3.02. The molecule has 1 fully saturated rings. The summed E-state index contributed by atoms with van der Waals surface area (Å²) in [4.78, 5) is 40.7. The van der Waals surface area contributed by atoms with Gasteiger partial charge in [-0.1, -0.05) is 30.3 Å². The molecular formula is C22H20N2O5S. The molecule has 30 heavy (non-hydrogen) atoms. The number of rotatable bonds is 4. The number of hydrogen-bond donors (Lipinski definition) is 1. The minimum absolute atomic E-state index is 0.0172. The molecule has 1 saturated heterocycles. The van der Waals surface area contributed by atoms with Crippen LogP contribution in [0.2, 0.25) is 0 Å². The summed E-state index contributed by atoms with van der Waals surface area (Å²) in [5, 5.41) is 9.22. The molecule has 154 valence electrons. The van der Waals surface area contributed by atoms with Gasteiger partial charge in [-0.25, -0.2) is 0 Å². The SMILES string of the molecule is COc1cc(/C=C2\SC(=O)N(CC(=O)N3CCc4ccccc4C3)C2=O)ccc1O. The quantitative estimate of drug-likeness (QED) is 0.760. The largest absolute Gasteiger partial charge is 0.504 e. The summed E-state index contributed by atoms with van der Waals surface area (Å²) in [6.45, 7) is 0.770. The van der Waals surface area contributed by atoms with Crippen molar-refractivity contribution in [3.63, 3.8) is 0 Å². The molecule has 2 aromatic rings. The molecule has 8 heteroatoms. The number of imide groups is 1. The number of nitrogens with zero attached hydrogens (tertiary/aromatic N) is 2. The molecule has 2 heterocycles. The molecule has 0 unspecified atom stereocenters. The molecule has 7 nitrogen and oxygen atoms in total. The lowest BCUT2D eigenvalue weighted by Gasteiger charge is -2.29. The van der Waals surface area contributed by atoms with Crippen LogP contribution >= 0.6 is 11.8 Å². The van der Waals surface area contributed by atoms with E-state index >= 15 is 0 Å². The van der Waals surface area contributed by atoms with Crippen molar-refractivity contribution in [2.45, 2.75) is 13.0 Å². The van der Waals surface area contributed by atoms with Gasteiger partial charge < -0.3 is 14.7 Å². The second kappa shape index (κ2) is 8.23. The summed E-state index contributed by atoms with van der Waals surface area (Å²) in [6, 6.07) is 12.6. The fourth-order valence-corrected chi connectivity index (χ4v) is 4.35. The second-order valence-corrected chi connectivity index (χ2v) is 8.03. The van der Waals surface area contributed by atoms with Gasteiger partial charge in [-0.3, -0.25) is 19.3 Å². The summed E-state index contributed by atoms with van der Waals surface area (Å²) in [7, 11) is 1.43. The Morgan fingerprint density at radius 3 is 2.73 bits per heavy atom. The van der Waals surface area contributed by atoms with Crippen LogP contribution in [0, 0.1) is 0 Å². The van der Waals surface area contributed by atoms with Crippen LogP contribution in [0.3, 0.4) is 0 Å². The smallest absolute Gasteiger partial charge is 0.294 e. The van der Waals surface area contributed by atoms with E-state index in [4.69, 9.17) is 4.74 Å². The summed E-state index contributed by atoms with van der Waals surface area (Å²) in [5.41, 5.74) is 2.92. The molecule has 2 aliphatic heterocycles. The summed E-state index contributed by atoms with van der Waals surface area (Å²) >= 11 is 0.796. The van der Waals surface area contributed by atoms with Gasteiger partial charge >= 0.3 is 0 Å². The lowest BCUT2D eigenvalue weighted by atomic mass is 10.00. The maximum atomic E-state index is 12.7. The Balaban J connectivity index is 1.46. The van der Waals surface area contributed by atoms with Crippen molar-refractivity contribution >= 4 is 34.9 Å². The molecule has 4 rings (SSSR count). The van der Waals surface area contributed by atoms with E-state index in [-0.39, 0.29) is 28.9 Å². The van der Waals surface area contributed by atoms with E-state index in [1.54, 1.807) is 23.1 Å². The van der Waals surface area contributed by atoms with Crippen LogP contribution in [-0.2, 0) is 22.6 Å². The molecule has 0 aromatic heterocycles. The number of hydrogen-bond acceptors (Lipinski definition) is 6. The predicted molar refractivity (Wildman–Crippen MR) is 113 cm³/mol. The molecule has 0 saturated carbocycles. The van der Waals surface area contributed by atoms with Crippen molar-refractivity contribution in [3.8, 4) is 11.5 Å². The zero-order chi connectivity index (χ0) is 21.3. The van der Waals surface area contributed by atoms with Crippen LogP contribution < -0.4 is 4.74 Å². The highest BCUT2D eigenvalue weighted by Crippen LogP contribution is 2.34. The molecule has 0 bridgehead atoms. The number of ether oxygens (including phenoxy) is 1. The van der Waals surface area contributed by atoms with Crippen molar-refractivity contribution < 1.29 is 24.2 Å². The van der Waals surface area contributed by atoms with Crippen LogP contribution in [0.25, 0.3) is 6.08 Å². The fourth-order valence-electron chi connectivity index (χ4n) is 3.52. The zero-order valence-electron chi connectivity index (χ0n) is 16.3. The number of methoxy groups -OCH3 is 1. The molecule has 0 aliphatic carbocycles. The average molecular weight is 424 g/mol. The van der Waals surface area contributed by atoms with Gasteiger partial charge in [0.25, 0.3) is 11.1 Å². The molecule has 1 N–H and O–H groups in total. The minimum Gasteiger partial charge on any atom is -0.504 e. The number of aromatic hydroxyl groups is 1. The highest BCUT2D eigenvalue weighted by atomic mass is 32.2. The highest BCUT2D eigenvalue weighted by molar-refractivity contribution is 8.18. The first-order valence-electron chi connectivity index (χ1n) is 9.43. The number of fused-ring (bicyclic) bond motifs is 1. The van der Waals surface area contributed by atoms with Crippen molar-refractivity contribution in [2.24, 2.45) is 0 Å². The third kappa shape index (κ3) is 3.91. The van der Waals surface area contributed by atoms with E-state index < -0.39 is 11.1 Å². The number of thioether (sulfide) groups is 1.